The summed E-state index contributed by atoms with van der Waals surface area (Å²) in [5.74, 6) is -0.0554. The molecule has 1 unspecified atom stereocenters. The molecular weight excluding hydrogens is 405 g/mol. The molecule has 3 aromatic carbocycles. The molecule has 0 aliphatic heterocycles. The molecule has 0 spiro atoms. The summed E-state index contributed by atoms with van der Waals surface area (Å²) in [4.78, 5) is 13.3. The monoisotopic (exact) mass is 429 g/mol. The summed E-state index contributed by atoms with van der Waals surface area (Å²) in [5.41, 5.74) is 2.92. The highest BCUT2D eigenvalue weighted by atomic mass is 19.1. The summed E-state index contributed by atoms with van der Waals surface area (Å²) in [6.45, 7) is 2.15. The summed E-state index contributed by atoms with van der Waals surface area (Å²) >= 11 is 0. The first kappa shape index (κ1) is 21.4. The van der Waals surface area contributed by atoms with E-state index in [-0.39, 0.29) is 24.1 Å². The fourth-order valence-corrected chi connectivity index (χ4v) is 3.82. The van der Waals surface area contributed by atoms with Crippen LogP contribution in [-0.2, 0) is 11.2 Å². The molecular formula is C25H24FN5O. The lowest BCUT2D eigenvalue weighted by Gasteiger charge is -2.22. The van der Waals surface area contributed by atoms with E-state index in [4.69, 9.17) is 0 Å². The maximum absolute atomic E-state index is 13.7. The van der Waals surface area contributed by atoms with Crippen molar-refractivity contribution in [3.8, 4) is 0 Å². The van der Waals surface area contributed by atoms with Gasteiger partial charge in [0.05, 0.1) is 0 Å². The van der Waals surface area contributed by atoms with E-state index >= 15 is 0 Å². The molecule has 1 atom stereocenters. The van der Waals surface area contributed by atoms with Gasteiger partial charge in [0.2, 0.25) is 5.91 Å². The molecule has 162 valence electrons. The zero-order valence-corrected chi connectivity index (χ0v) is 17.7. The number of benzene rings is 3. The van der Waals surface area contributed by atoms with Crippen LogP contribution in [0.25, 0.3) is 0 Å². The van der Waals surface area contributed by atoms with Gasteiger partial charge in [0.1, 0.15) is 17.7 Å². The van der Waals surface area contributed by atoms with Gasteiger partial charge in [-0.3, -0.25) is 4.79 Å². The summed E-state index contributed by atoms with van der Waals surface area (Å²) in [6.07, 6.45) is 0.275. The molecule has 0 aliphatic rings. The zero-order valence-electron chi connectivity index (χ0n) is 17.7. The zero-order chi connectivity index (χ0) is 22.3. The van der Waals surface area contributed by atoms with Crippen molar-refractivity contribution in [1.29, 1.82) is 0 Å². The van der Waals surface area contributed by atoms with Crippen LogP contribution in [0.3, 0.4) is 0 Å². The Hall–Kier alpha value is -3.87. The molecule has 0 aliphatic carbocycles. The van der Waals surface area contributed by atoms with Crippen LogP contribution in [0.1, 0.15) is 34.5 Å². The minimum atomic E-state index is -0.695. The summed E-state index contributed by atoms with van der Waals surface area (Å²) in [7, 11) is 0. The minimum Gasteiger partial charge on any atom is -0.353 e. The van der Waals surface area contributed by atoms with Crippen molar-refractivity contribution in [2.75, 3.05) is 6.54 Å². The van der Waals surface area contributed by atoms with Crippen LogP contribution in [-0.4, -0.2) is 32.7 Å². The van der Waals surface area contributed by atoms with Gasteiger partial charge in [-0.05, 0) is 46.2 Å². The molecule has 0 fully saturated rings. The first-order valence-electron chi connectivity index (χ1n) is 10.5. The predicted octanol–water partition coefficient (Wildman–Crippen LogP) is 3.85. The van der Waals surface area contributed by atoms with E-state index in [2.05, 4.69) is 45.1 Å². The van der Waals surface area contributed by atoms with Gasteiger partial charge in [-0.2, -0.15) is 0 Å². The standard InChI is InChI=1S/C25H24FN5O/c1-18-28-29-30-31(18)24(16-19-9-8-14-22(26)15-19)25(32)27-17-23(20-10-4-2-5-11-20)21-12-6-3-7-13-21/h2-15,23-24H,16-17H2,1H3,(H,27,32). The van der Waals surface area contributed by atoms with Crippen molar-refractivity contribution < 1.29 is 9.18 Å². The molecule has 4 aromatic rings. The summed E-state index contributed by atoms with van der Waals surface area (Å²) < 4.78 is 15.2. The molecule has 0 saturated heterocycles. The van der Waals surface area contributed by atoms with E-state index in [1.807, 2.05) is 36.4 Å². The highest BCUT2D eigenvalue weighted by Crippen LogP contribution is 2.24. The maximum atomic E-state index is 13.7. The Morgan fingerprint density at radius 1 is 0.969 bits per heavy atom. The van der Waals surface area contributed by atoms with Gasteiger partial charge in [-0.25, -0.2) is 9.07 Å². The van der Waals surface area contributed by atoms with Crippen LogP contribution in [0.2, 0.25) is 0 Å². The number of aromatic nitrogens is 4. The average Bonchev–Trinajstić information content (AvgIpc) is 3.24. The van der Waals surface area contributed by atoms with Gasteiger partial charge in [0, 0.05) is 18.9 Å². The number of hydrogen-bond acceptors (Lipinski definition) is 4. The number of amides is 1. The quantitative estimate of drug-likeness (QED) is 0.462. The lowest BCUT2D eigenvalue weighted by atomic mass is 9.91. The Morgan fingerprint density at radius 3 is 2.19 bits per heavy atom. The second-order valence-electron chi connectivity index (χ2n) is 7.64. The Morgan fingerprint density at radius 2 is 1.62 bits per heavy atom. The van der Waals surface area contributed by atoms with Crippen molar-refractivity contribution in [2.45, 2.75) is 25.3 Å². The third-order valence-electron chi connectivity index (χ3n) is 5.46. The third kappa shape index (κ3) is 5.06. The SMILES string of the molecule is Cc1nnnn1C(Cc1cccc(F)c1)C(=O)NCC(c1ccccc1)c1ccccc1. The van der Waals surface area contributed by atoms with E-state index in [1.165, 1.54) is 16.8 Å². The van der Waals surface area contributed by atoms with Crippen molar-refractivity contribution in [1.82, 2.24) is 25.5 Å². The van der Waals surface area contributed by atoms with Gasteiger partial charge in [-0.1, -0.05) is 72.8 Å². The number of halogens is 1. The Balaban J connectivity index is 1.57. The summed E-state index contributed by atoms with van der Waals surface area (Å²) in [5, 5.41) is 14.7. The number of hydrogen-bond donors (Lipinski definition) is 1. The molecule has 0 bridgehead atoms. The van der Waals surface area contributed by atoms with Crippen LogP contribution in [0, 0.1) is 12.7 Å². The number of rotatable bonds is 8. The normalized spacial score (nSPS) is 12.0. The molecule has 0 radical (unpaired) electrons. The fourth-order valence-electron chi connectivity index (χ4n) is 3.82. The molecule has 1 N–H and O–H groups in total. The first-order chi connectivity index (χ1) is 15.6. The molecule has 4 rings (SSSR count). The molecule has 7 heteroatoms. The van der Waals surface area contributed by atoms with E-state index in [0.717, 1.165) is 11.1 Å². The van der Waals surface area contributed by atoms with Crippen molar-refractivity contribution in [3.63, 3.8) is 0 Å². The van der Waals surface area contributed by atoms with Gasteiger partial charge >= 0.3 is 0 Å². The van der Waals surface area contributed by atoms with Crippen LogP contribution >= 0.6 is 0 Å². The van der Waals surface area contributed by atoms with Crippen LogP contribution in [0.5, 0.6) is 0 Å². The second kappa shape index (κ2) is 9.96. The molecule has 1 aromatic heterocycles. The minimum absolute atomic E-state index is 0.00821. The largest absolute Gasteiger partial charge is 0.353 e. The van der Waals surface area contributed by atoms with E-state index in [9.17, 15) is 9.18 Å². The Kier molecular flexibility index (Phi) is 6.65. The van der Waals surface area contributed by atoms with Gasteiger partial charge < -0.3 is 5.32 Å². The molecule has 1 amide bonds. The number of carbonyl (C=O) groups is 1. The second-order valence-corrected chi connectivity index (χ2v) is 7.64. The fraction of sp³-hybridized carbons (Fsp3) is 0.200. The number of nitrogens with one attached hydrogen (secondary N) is 1. The maximum Gasteiger partial charge on any atom is 0.245 e. The Bertz CT molecular complexity index is 1120. The highest BCUT2D eigenvalue weighted by molar-refractivity contribution is 5.80. The van der Waals surface area contributed by atoms with E-state index in [1.54, 1.807) is 19.1 Å². The van der Waals surface area contributed by atoms with Crippen molar-refractivity contribution in [3.05, 3.63) is 113 Å². The predicted molar refractivity (Wildman–Crippen MR) is 119 cm³/mol. The molecule has 32 heavy (non-hydrogen) atoms. The van der Waals surface area contributed by atoms with Crippen molar-refractivity contribution >= 4 is 5.91 Å². The number of tetrazole rings is 1. The number of aryl methyl sites for hydroxylation is 1. The lowest BCUT2D eigenvalue weighted by Crippen LogP contribution is -2.37. The van der Waals surface area contributed by atoms with Gasteiger partial charge in [0.25, 0.3) is 0 Å². The third-order valence-corrected chi connectivity index (χ3v) is 5.46. The van der Waals surface area contributed by atoms with Gasteiger partial charge in [0.15, 0.2) is 0 Å². The summed E-state index contributed by atoms with van der Waals surface area (Å²) in [6, 6.07) is 25.7. The van der Waals surface area contributed by atoms with E-state index < -0.39 is 6.04 Å². The van der Waals surface area contributed by atoms with Crippen LogP contribution in [0.4, 0.5) is 4.39 Å². The first-order valence-corrected chi connectivity index (χ1v) is 10.5. The van der Waals surface area contributed by atoms with E-state index in [0.29, 0.717) is 17.9 Å². The highest BCUT2D eigenvalue weighted by Gasteiger charge is 2.25. The molecule has 6 nitrogen and oxygen atoms in total. The van der Waals surface area contributed by atoms with Crippen LogP contribution in [0.15, 0.2) is 84.9 Å². The smallest absolute Gasteiger partial charge is 0.245 e. The molecule has 1 heterocycles. The topological polar surface area (TPSA) is 72.7 Å². The Labute approximate surface area is 186 Å². The average molecular weight is 429 g/mol. The van der Waals surface area contributed by atoms with Crippen molar-refractivity contribution in [2.24, 2.45) is 0 Å². The lowest BCUT2D eigenvalue weighted by molar-refractivity contribution is -0.124. The molecule has 0 saturated carbocycles. The number of carbonyl (C=O) groups excluding carboxylic acids is 1. The van der Waals surface area contributed by atoms with Gasteiger partial charge in [-0.15, -0.1) is 5.10 Å². The van der Waals surface area contributed by atoms with Crippen LogP contribution < -0.4 is 5.32 Å². The number of nitrogens with zero attached hydrogens (tertiary/aromatic N) is 4.